The maximum atomic E-state index is 11.7. The van der Waals surface area contributed by atoms with Crippen LogP contribution < -0.4 is 16.0 Å². The lowest BCUT2D eigenvalue weighted by Gasteiger charge is -2.21. The van der Waals surface area contributed by atoms with E-state index in [1.54, 1.807) is 18.4 Å². The Balaban J connectivity index is 2.29. The van der Waals surface area contributed by atoms with Crippen molar-refractivity contribution >= 4 is 23.2 Å². The maximum Gasteiger partial charge on any atom is 0.239 e. The fraction of sp³-hybridized carbons (Fsp3) is 0.667. The molecule has 0 saturated heterocycles. The van der Waals surface area contributed by atoms with E-state index in [1.807, 2.05) is 20.8 Å². The zero-order valence-electron chi connectivity index (χ0n) is 14.1. The van der Waals surface area contributed by atoms with Gasteiger partial charge in [-0.2, -0.15) is 0 Å². The highest BCUT2D eigenvalue weighted by molar-refractivity contribution is 7.09. The van der Waals surface area contributed by atoms with Crippen molar-refractivity contribution in [2.75, 3.05) is 20.1 Å². The van der Waals surface area contributed by atoms with Crippen molar-refractivity contribution < 1.29 is 4.79 Å². The largest absolute Gasteiger partial charge is 0.356 e. The number of nitrogens with one attached hydrogen (secondary N) is 3. The second kappa shape index (κ2) is 8.73. The normalized spacial score (nSPS) is 12.1. The van der Waals surface area contributed by atoms with Gasteiger partial charge in [-0.15, -0.1) is 11.3 Å². The minimum atomic E-state index is -0.225. The zero-order chi connectivity index (χ0) is 16.6. The van der Waals surface area contributed by atoms with E-state index >= 15 is 0 Å². The van der Waals surface area contributed by atoms with Crippen LogP contribution in [0.25, 0.3) is 0 Å². The molecule has 0 aromatic carbocycles. The van der Waals surface area contributed by atoms with E-state index in [0.717, 1.165) is 30.1 Å². The quantitative estimate of drug-likeness (QED) is 0.545. The third kappa shape index (κ3) is 7.40. The molecule has 1 amide bonds. The summed E-state index contributed by atoms with van der Waals surface area (Å²) in [5, 5.41) is 12.3. The molecular formula is C15H27N5OS. The van der Waals surface area contributed by atoms with Crippen LogP contribution in [-0.4, -0.2) is 42.5 Å². The molecule has 0 radical (unpaired) electrons. The third-order valence-electron chi connectivity index (χ3n) is 2.73. The van der Waals surface area contributed by atoms with Gasteiger partial charge in [0.15, 0.2) is 5.96 Å². The molecule has 22 heavy (non-hydrogen) atoms. The highest BCUT2D eigenvalue weighted by Gasteiger charge is 2.13. The second-order valence-corrected chi connectivity index (χ2v) is 6.93. The summed E-state index contributed by atoms with van der Waals surface area (Å²) in [5.41, 5.74) is 0.868. The second-order valence-electron chi connectivity index (χ2n) is 5.99. The van der Waals surface area contributed by atoms with Crippen molar-refractivity contribution in [1.82, 2.24) is 20.9 Å². The molecule has 1 rings (SSSR count). The van der Waals surface area contributed by atoms with Crippen LogP contribution in [0.2, 0.25) is 0 Å². The first-order valence-corrected chi connectivity index (χ1v) is 8.41. The molecule has 124 valence electrons. The van der Waals surface area contributed by atoms with Crippen molar-refractivity contribution in [2.24, 2.45) is 4.99 Å². The summed E-state index contributed by atoms with van der Waals surface area (Å²) < 4.78 is 0. The first-order chi connectivity index (χ1) is 10.3. The van der Waals surface area contributed by atoms with Crippen LogP contribution in [0, 0.1) is 0 Å². The predicted octanol–water partition coefficient (Wildman–Crippen LogP) is 1.33. The van der Waals surface area contributed by atoms with Gasteiger partial charge in [0.2, 0.25) is 5.91 Å². The number of hydrogen-bond donors (Lipinski definition) is 3. The molecule has 1 aromatic rings. The van der Waals surface area contributed by atoms with Crippen molar-refractivity contribution in [3.8, 4) is 0 Å². The predicted molar refractivity (Wildman–Crippen MR) is 92.5 cm³/mol. The minimum absolute atomic E-state index is 0.0532. The molecule has 0 fully saturated rings. The van der Waals surface area contributed by atoms with E-state index < -0.39 is 0 Å². The summed E-state index contributed by atoms with van der Waals surface area (Å²) in [5.74, 6) is 0.567. The van der Waals surface area contributed by atoms with Gasteiger partial charge in [-0.05, 0) is 27.2 Å². The molecule has 0 bridgehead atoms. The molecular weight excluding hydrogens is 298 g/mol. The fourth-order valence-corrected chi connectivity index (χ4v) is 2.56. The summed E-state index contributed by atoms with van der Waals surface area (Å²) in [6, 6.07) is 0. The number of aliphatic imine (C=N–C) groups is 1. The lowest BCUT2D eigenvalue weighted by atomic mass is 10.1. The standard InChI is InChI=1S/C15H27N5OS/c1-6-13-19-11(10-22-13)7-8-17-14(16-5)18-9-12(21)20-15(2,3)4/h10H,6-9H2,1-5H3,(H,20,21)(H2,16,17,18). The van der Waals surface area contributed by atoms with Gasteiger partial charge < -0.3 is 16.0 Å². The lowest BCUT2D eigenvalue weighted by Crippen LogP contribution is -2.48. The number of amides is 1. The Kier molecular flexibility index (Phi) is 7.31. The van der Waals surface area contributed by atoms with Crippen LogP contribution in [0.3, 0.4) is 0 Å². The first-order valence-electron chi connectivity index (χ1n) is 7.53. The van der Waals surface area contributed by atoms with E-state index in [4.69, 9.17) is 0 Å². The van der Waals surface area contributed by atoms with Gasteiger partial charge in [0, 0.05) is 30.9 Å². The number of aryl methyl sites for hydroxylation is 1. The average molecular weight is 325 g/mol. The number of aromatic nitrogens is 1. The number of rotatable bonds is 6. The van der Waals surface area contributed by atoms with Gasteiger partial charge in [0.25, 0.3) is 0 Å². The van der Waals surface area contributed by atoms with Crippen LogP contribution in [0.15, 0.2) is 10.4 Å². The minimum Gasteiger partial charge on any atom is -0.356 e. The van der Waals surface area contributed by atoms with Crippen LogP contribution in [0.1, 0.15) is 38.4 Å². The van der Waals surface area contributed by atoms with Gasteiger partial charge in [-0.1, -0.05) is 6.92 Å². The van der Waals surface area contributed by atoms with E-state index in [2.05, 4.69) is 38.2 Å². The van der Waals surface area contributed by atoms with E-state index in [0.29, 0.717) is 5.96 Å². The smallest absolute Gasteiger partial charge is 0.239 e. The van der Waals surface area contributed by atoms with Gasteiger partial charge in [0.05, 0.1) is 17.2 Å². The van der Waals surface area contributed by atoms with Crippen molar-refractivity contribution in [1.29, 1.82) is 0 Å². The topological polar surface area (TPSA) is 78.4 Å². The monoisotopic (exact) mass is 325 g/mol. The Labute approximate surface area is 136 Å². The molecule has 0 aliphatic carbocycles. The number of thiazole rings is 1. The van der Waals surface area contributed by atoms with Gasteiger partial charge >= 0.3 is 0 Å². The SMILES string of the molecule is CCc1nc(CCNC(=NC)NCC(=O)NC(C)(C)C)cs1. The highest BCUT2D eigenvalue weighted by Crippen LogP contribution is 2.10. The summed E-state index contributed by atoms with van der Waals surface area (Å²) in [4.78, 5) is 20.4. The van der Waals surface area contributed by atoms with Crippen LogP contribution >= 0.6 is 11.3 Å². The molecule has 7 heteroatoms. The molecule has 6 nitrogen and oxygen atoms in total. The summed E-state index contributed by atoms with van der Waals surface area (Å²) >= 11 is 1.70. The maximum absolute atomic E-state index is 11.7. The fourth-order valence-electron chi connectivity index (χ4n) is 1.78. The van der Waals surface area contributed by atoms with Crippen LogP contribution in [0.4, 0.5) is 0 Å². The van der Waals surface area contributed by atoms with Crippen LogP contribution in [-0.2, 0) is 17.6 Å². The molecule has 0 aliphatic heterocycles. The van der Waals surface area contributed by atoms with Crippen molar-refractivity contribution in [3.63, 3.8) is 0 Å². The molecule has 1 heterocycles. The molecule has 0 saturated carbocycles. The number of hydrogen-bond acceptors (Lipinski definition) is 4. The molecule has 0 spiro atoms. The number of guanidine groups is 1. The van der Waals surface area contributed by atoms with Crippen molar-refractivity contribution in [3.05, 3.63) is 16.1 Å². The summed E-state index contributed by atoms with van der Waals surface area (Å²) in [7, 11) is 1.69. The Morgan fingerprint density at radius 3 is 2.64 bits per heavy atom. The summed E-state index contributed by atoms with van der Waals surface area (Å²) in [6.45, 7) is 8.90. The Bertz CT molecular complexity index is 504. The highest BCUT2D eigenvalue weighted by atomic mass is 32.1. The Hall–Kier alpha value is -1.63. The number of carbonyl (C=O) groups is 1. The lowest BCUT2D eigenvalue weighted by molar-refractivity contribution is -0.121. The van der Waals surface area contributed by atoms with E-state index in [9.17, 15) is 4.79 Å². The molecule has 0 atom stereocenters. The van der Waals surface area contributed by atoms with Gasteiger partial charge in [0.1, 0.15) is 0 Å². The molecule has 3 N–H and O–H groups in total. The Morgan fingerprint density at radius 1 is 1.36 bits per heavy atom. The number of carbonyl (C=O) groups excluding carboxylic acids is 1. The molecule has 0 unspecified atom stereocenters. The average Bonchev–Trinajstić information content (AvgIpc) is 2.88. The first kappa shape index (κ1) is 18.4. The van der Waals surface area contributed by atoms with E-state index in [1.165, 1.54) is 0 Å². The van der Waals surface area contributed by atoms with Crippen molar-refractivity contribution in [2.45, 2.75) is 46.1 Å². The molecule has 1 aromatic heterocycles. The van der Waals surface area contributed by atoms with Gasteiger partial charge in [-0.3, -0.25) is 9.79 Å². The third-order valence-corrected chi connectivity index (χ3v) is 3.77. The summed E-state index contributed by atoms with van der Waals surface area (Å²) in [6.07, 6.45) is 1.82. The van der Waals surface area contributed by atoms with Crippen LogP contribution in [0.5, 0.6) is 0 Å². The molecule has 0 aliphatic rings. The zero-order valence-corrected chi connectivity index (χ0v) is 14.9. The Morgan fingerprint density at radius 2 is 2.09 bits per heavy atom. The van der Waals surface area contributed by atoms with E-state index in [-0.39, 0.29) is 18.0 Å². The van der Waals surface area contributed by atoms with Gasteiger partial charge in [-0.25, -0.2) is 4.98 Å². The number of nitrogens with zero attached hydrogens (tertiary/aromatic N) is 2.